The van der Waals surface area contributed by atoms with Gasteiger partial charge >= 0.3 is 0 Å². The molecule has 3 aliphatic rings. The van der Waals surface area contributed by atoms with Crippen molar-refractivity contribution in [2.45, 2.75) is 32.7 Å². The van der Waals surface area contributed by atoms with E-state index >= 15 is 0 Å². The summed E-state index contributed by atoms with van der Waals surface area (Å²) >= 11 is 1.66. The smallest absolute Gasteiger partial charge is 0.230 e. The van der Waals surface area contributed by atoms with Crippen molar-refractivity contribution in [1.82, 2.24) is 14.8 Å². The molecule has 4 heterocycles. The van der Waals surface area contributed by atoms with Crippen molar-refractivity contribution in [2.75, 3.05) is 39.4 Å². The molecule has 0 aliphatic carbocycles. The van der Waals surface area contributed by atoms with Crippen LogP contribution in [0.25, 0.3) is 0 Å². The van der Waals surface area contributed by atoms with E-state index in [-0.39, 0.29) is 5.41 Å². The molecule has 4 rings (SSSR count). The van der Waals surface area contributed by atoms with E-state index in [1.807, 2.05) is 11.8 Å². The third kappa shape index (κ3) is 3.04. The molecule has 2 unspecified atom stereocenters. The van der Waals surface area contributed by atoms with Crippen molar-refractivity contribution in [2.24, 2.45) is 11.3 Å². The fourth-order valence-electron chi connectivity index (χ4n) is 4.31. The van der Waals surface area contributed by atoms with Gasteiger partial charge in [0.1, 0.15) is 0 Å². The Morgan fingerprint density at radius 2 is 2.30 bits per heavy atom. The second-order valence-electron chi connectivity index (χ2n) is 7.33. The summed E-state index contributed by atoms with van der Waals surface area (Å²) in [5.74, 6) is 1.02. The molecule has 2 atom stereocenters. The Kier molecular flexibility index (Phi) is 4.15. The molecule has 1 amide bonds. The minimum atomic E-state index is -0.121. The highest BCUT2D eigenvalue weighted by molar-refractivity contribution is 7.09. The number of hydrogen-bond donors (Lipinski definition) is 0. The Balaban J connectivity index is 1.37. The van der Waals surface area contributed by atoms with Crippen LogP contribution in [0.5, 0.6) is 0 Å². The van der Waals surface area contributed by atoms with Gasteiger partial charge in [-0.05, 0) is 38.6 Å². The lowest BCUT2D eigenvalue weighted by molar-refractivity contribution is -0.136. The van der Waals surface area contributed by atoms with Crippen LogP contribution in [-0.2, 0) is 16.1 Å². The Hall–Kier alpha value is -0.980. The molecule has 1 spiro atoms. The SMILES string of the molecule is Cc1nc(CN2CCC3(CCN(CC4CCOC4)C3)C2=O)cs1. The molecule has 0 N–H and O–H groups in total. The van der Waals surface area contributed by atoms with Crippen LogP contribution in [0.3, 0.4) is 0 Å². The highest BCUT2D eigenvalue weighted by Gasteiger charge is 2.50. The standard InChI is InChI=1S/C17H25N3O2S/c1-13-18-15(11-23-13)9-20-6-4-17(16(20)21)3-5-19(12-17)8-14-2-7-22-10-14/h11,14H,2-10,12H2,1H3. The topological polar surface area (TPSA) is 45.7 Å². The van der Waals surface area contributed by atoms with Crippen molar-refractivity contribution in [1.29, 1.82) is 0 Å². The predicted octanol–water partition coefficient (Wildman–Crippen LogP) is 1.91. The molecule has 6 heteroatoms. The molecular formula is C17H25N3O2S. The number of rotatable bonds is 4. The number of ether oxygens (including phenoxy) is 1. The molecule has 0 aromatic carbocycles. The van der Waals surface area contributed by atoms with Crippen LogP contribution in [0.2, 0.25) is 0 Å². The molecule has 5 nitrogen and oxygen atoms in total. The van der Waals surface area contributed by atoms with Crippen LogP contribution in [0.4, 0.5) is 0 Å². The van der Waals surface area contributed by atoms with Gasteiger partial charge in [-0.3, -0.25) is 4.79 Å². The molecule has 126 valence electrons. The molecule has 3 fully saturated rings. The minimum absolute atomic E-state index is 0.121. The first-order chi connectivity index (χ1) is 11.1. The number of amides is 1. The largest absolute Gasteiger partial charge is 0.381 e. The molecule has 3 aliphatic heterocycles. The highest BCUT2D eigenvalue weighted by Crippen LogP contribution is 2.41. The summed E-state index contributed by atoms with van der Waals surface area (Å²) in [6.07, 6.45) is 3.20. The second kappa shape index (κ2) is 6.15. The van der Waals surface area contributed by atoms with Gasteiger partial charge in [-0.1, -0.05) is 0 Å². The van der Waals surface area contributed by atoms with Crippen LogP contribution in [0, 0.1) is 18.3 Å². The second-order valence-corrected chi connectivity index (χ2v) is 8.39. The van der Waals surface area contributed by atoms with Crippen LogP contribution in [0.1, 0.15) is 30.0 Å². The summed E-state index contributed by atoms with van der Waals surface area (Å²) in [7, 11) is 0. The quantitative estimate of drug-likeness (QED) is 0.843. The van der Waals surface area contributed by atoms with Gasteiger partial charge in [0.25, 0.3) is 0 Å². The molecule has 1 aromatic heterocycles. The fraction of sp³-hybridized carbons (Fsp3) is 0.765. The number of carbonyl (C=O) groups is 1. The first-order valence-electron chi connectivity index (χ1n) is 8.65. The summed E-state index contributed by atoms with van der Waals surface area (Å²) in [6, 6.07) is 0. The van der Waals surface area contributed by atoms with E-state index < -0.39 is 0 Å². The van der Waals surface area contributed by atoms with E-state index in [1.54, 1.807) is 11.3 Å². The molecule has 0 radical (unpaired) electrons. The van der Waals surface area contributed by atoms with E-state index in [9.17, 15) is 4.79 Å². The molecule has 23 heavy (non-hydrogen) atoms. The van der Waals surface area contributed by atoms with Gasteiger partial charge in [0, 0.05) is 31.6 Å². The van der Waals surface area contributed by atoms with Crippen LogP contribution in [0.15, 0.2) is 5.38 Å². The Bertz CT molecular complexity index is 584. The molecule has 3 saturated heterocycles. The molecule has 0 saturated carbocycles. The number of carbonyl (C=O) groups excluding carboxylic acids is 1. The average molecular weight is 335 g/mol. The van der Waals surface area contributed by atoms with Crippen molar-refractivity contribution < 1.29 is 9.53 Å². The highest BCUT2D eigenvalue weighted by atomic mass is 32.1. The Morgan fingerprint density at radius 1 is 1.43 bits per heavy atom. The van der Waals surface area contributed by atoms with E-state index in [4.69, 9.17) is 4.74 Å². The maximum absolute atomic E-state index is 13.0. The van der Waals surface area contributed by atoms with Crippen molar-refractivity contribution in [3.05, 3.63) is 16.1 Å². The lowest BCUT2D eigenvalue weighted by Crippen LogP contribution is -2.37. The van der Waals surface area contributed by atoms with E-state index in [1.165, 1.54) is 6.42 Å². The fourth-order valence-corrected chi connectivity index (χ4v) is 4.91. The van der Waals surface area contributed by atoms with Crippen LogP contribution >= 0.6 is 11.3 Å². The summed E-state index contributed by atoms with van der Waals surface area (Å²) in [5.41, 5.74) is 0.917. The van der Waals surface area contributed by atoms with Crippen LogP contribution in [-0.4, -0.2) is 60.1 Å². The monoisotopic (exact) mass is 335 g/mol. The summed E-state index contributed by atoms with van der Waals surface area (Å²) in [6.45, 7) is 8.48. The zero-order valence-electron chi connectivity index (χ0n) is 13.8. The minimum Gasteiger partial charge on any atom is -0.381 e. The van der Waals surface area contributed by atoms with Gasteiger partial charge < -0.3 is 14.5 Å². The van der Waals surface area contributed by atoms with Crippen molar-refractivity contribution in [3.63, 3.8) is 0 Å². The summed E-state index contributed by atoms with van der Waals surface area (Å²) in [4.78, 5) is 22.0. The third-order valence-corrected chi connectivity index (χ3v) is 6.42. The van der Waals surface area contributed by atoms with Crippen molar-refractivity contribution >= 4 is 17.2 Å². The van der Waals surface area contributed by atoms with Crippen molar-refractivity contribution in [3.8, 4) is 0 Å². The number of thiazole rings is 1. The molecule has 0 bridgehead atoms. The summed E-state index contributed by atoms with van der Waals surface area (Å²) in [5, 5.41) is 3.15. The zero-order chi connectivity index (χ0) is 15.9. The average Bonchev–Trinajstić information content (AvgIpc) is 3.29. The Labute approximate surface area is 141 Å². The van der Waals surface area contributed by atoms with E-state index in [0.29, 0.717) is 18.4 Å². The van der Waals surface area contributed by atoms with Gasteiger partial charge in [0.15, 0.2) is 0 Å². The number of aryl methyl sites for hydroxylation is 1. The van der Waals surface area contributed by atoms with Gasteiger partial charge in [-0.15, -0.1) is 11.3 Å². The van der Waals surface area contributed by atoms with Gasteiger partial charge in [-0.2, -0.15) is 0 Å². The molecular weight excluding hydrogens is 310 g/mol. The van der Waals surface area contributed by atoms with Gasteiger partial charge in [0.05, 0.1) is 29.3 Å². The van der Waals surface area contributed by atoms with Gasteiger partial charge in [0.2, 0.25) is 5.91 Å². The number of hydrogen-bond acceptors (Lipinski definition) is 5. The maximum atomic E-state index is 13.0. The molecule has 1 aromatic rings. The lowest BCUT2D eigenvalue weighted by Gasteiger charge is -2.24. The number of aromatic nitrogens is 1. The number of nitrogens with zero attached hydrogens (tertiary/aromatic N) is 3. The maximum Gasteiger partial charge on any atom is 0.230 e. The zero-order valence-corrected chi connectivity index (χ0v) is 14.6. The lowest BCUT2D eigenvalue weighted by atomic mass is 9.85. The first-order valence-corrected chi connectivity index (χ1v) is 9.53. The Morgan fingerprint density at radius 3 is 3.04 bits per heavy atom. The third-order valence-electron chi connectivity index (χ3n) is 5.59. The summed E-state index contributed by atoms with van der Waals surface area (Å²) < 4.78 is 5.48. The van der Waals surface area contributed by atoms with Gasteiger partial charge in [-0.25, -0.2) is 4.98 Å². The van der Waals surface area contributed by atoms with E-state index in [2.05, 4.69) is 15.3 Å². The predicted molar refractivity (Wildman–Crippen MR) is 89.3 cm³/mol. The van der Waals surface area contributed by atoms with Crippen LogP contribution < -0.4 is 0 Å². The number of likely N-dealkylation sites (tertiary alicyclic amines) is 2. The van der Waals surface area contributed by atoms with E-state index in [0.717, 1.165) is 62.9 Å². The normalized spacial score (nSPS) is 31.8. The first kappa shape index (κ1) is 15.5.